The number of benzene rings is 3. The van der Waals surface area contributed by atoms with Crippen molar-refractivity contribution < 1.29 is 19.4 Å². The molecule has 0 spiro atoms. The van der Waals surface area contributed by atoms with Gasteiger partial charge in [0.25, 0.3) is 5.91 Å². The number of piperidine rings is 1. The van der Waals surface area contributed by atoms with Gasteiger partial charge in [-0.2, -0.15) is 0 Å². The molecule has 1 unspecified atom stereocenters. The van der Waals surface area contributed by atoms with E-state index in [9.17, 15) is 14.7 Å². The standard InChI is InChI=1S/C36H39N3O4S2/c1-36(2,35(42)37-45-32-11-4-9-30(40)22-32)43-31-10-3-8-29(21-31)38-19-5-7-27(24-38)34(41)39(28-17-18-28)23-25-13-15-26(16-14-25)33-12-6-20-44-33/h3-4,6,8-16,20-22,27-28,40H,5,7,17-19,23-24H2,1-2H3,(H,37,42). The molecule has 3 aromatic carbocycles. The molecule has 234 valence electrons. The zero-order chi connectivity index (χ0) is 31.4. The summed E-state index contributed by atoms with van der Waals surface area (Å²) in [6, 6.07) is 27.7. The number of hydrogen-bond donors (Lipinski definition) is 2. The highest BCUT2D eigenvalue weighted by atomic mass is 32.2. The van der Waals surface area contributed by atoms with Gasteiger partial charge in [0, 0.05) is 47.2 Å². The van der Waals surface area contributed by atoms with Gasteiger partial charge >= 0.3 is 0 Å². The van der Waals surface area contributed by atoms with Gasteiger partial charge in [0.2, 0.25) is 5.91 Å². The number of phenols is 1. The molecule has 4 aromatic rings. The third-order valence-corrected chi connectivity index (χ3v) is 10.0. The van der Waals surface area contributed by atoms with E-state index >= 15 is 0 Å². The molecule has 1 saturated carbocycles. The number of carbonyl (C=O) groups excluding carboxylic acids is 2. The number of nitrogens with zero attached hydrogens (tertiary/aromatic N) is 2. The van der Waals surface area contributed by atoms with Crippen LogP contribution in [-0.4, -0.2) is 46.6 Å². The van der Waals surface area contributed by atoms with E-state index in [-0.39, 0.29) is 23.5 Å². The number of phenolic OH excluding ortho intramolecular Hbond substituents is 1. The first-order valence-corrected chi connectivity index (χ1v) is 17.2. The van der Waals surface area contributed by atoms with Crippen LogP contribution in [0.5, 0.6) is 11.5 Å². The van der Waals surface area contributed by atoms with Crippen LogP contribution in [0.4, 0.5) is 5.69 Å². The van der Waals surface area contributed by atoms with Crippen molar-refractivity contribution in [2.24, 2.45) is 5.92 Å². The maximum atomic E-state index is 13.9. The van der Waals surface area contributed by atoms with Crippen molar-refractivity contribution in [3.05, 3.63) is 95.9 Å². The Morgan fingerprint density at radius 1 is 1.02 bits per heavy atom. The molecule has 9 heteroatoms. The van der Waals surface area contributed by atoms with Crippen LogP contribution in [0.15, 0.2) is 95.2 Å². The molecule has 0 radical (unpaired) electrons. The van der Waals surface area contributed by atoms with Crippen LogP contribution < -0.4 is 14.4 Å². The summed E-state index contributed by atoms with van der Waals surface area (Å²) < 4.78 is 9.01. The minimum absolute atomic E-state index is 0.0639. The molecule has 7 nitrogen and oxygen atoms in total. The van der Waals surface area contributed by atoms with Crippen LogP contribution >= 0.6 is 23.3 Å². The van der Waals surface area contributed by atoms with Crippen molar-refractivity contribution in [2.45, 2.75) is 62.6 Å². The highest BCUT2D eigenvalue weighted by Gasteiger charge is 2.37. The summed E-state index contributed by atoms with van der Waals surface area (Å²) in [5.74, 6) is 0.633. The van der Waals surface area contributed by atoms with E-state index in [0.29, 0.717) is 24.9 Å². The van der Waals surface area contributed by atoms with Gasteiger partial charge in [0.1, 0.15) is 11.5 Å². The van der Waals surface area contributed by atoms with Crippen LogP contribution in [-0.2, 0) is 16.1 Å². The largest absolute Gasteiger partial charge is 0.508 e. The first-order chi connectivity index (χ1) is 21.7. The van der Waals surface area contributed by atoms with Crippen molar-refractivity contribution in [3.8, 4) is 21.9 Å². The maximum Gasteiger partial charge on any atom is 0.273 e. The first-order valence-electron chi connectivity index (χ1n) is 15.5. The normalized spacial score (nSPS) is 16.7. The number of hydrogen-bond acceptors (Lipinski definition) is 7. The highest BCUT2D eigenvalue weighted by Crippen LogP contribution is 2.34. The molecule has 1 aliphatic heterocycles. The molecule has 6 rings (SSSR count). The smallest absolute Gasteiger partial charge is 0.273 e. The zero-order valence-electron chi connectivity index (χ0n) is 25.6. The molecular formula is C36H39N3O4S2. The van der Waals surface area contributed by atoms with Crippen molar-refractivity contribution in [2.75, 3.05) is 18.0 Å². The van der Waals surface area contributed by atoms with E-state index in [1.807, 2.05) is 30.3 Å². The summed E-state index contributed by atoms with van der Waals surface area (Å²) in [4.78, 5) is 33.3. The lowest BCUT2D eigenvalue weighted by Crippen LogP contribution is -2.45. The Morgan fingerprint density at radius 2 is 1.82 bits per heavy atom. The molecule has 2 fully saturated rings. The number of carbonyl (C=O) groups is 2. The number of thiophene rings is 1. The molecule has 2 N–H and O–H groups in total. The minimum atomic E-state index is -1.13. The molecule has 1 atom stereocenters. The molecule has 1 aliphatic carbocycles. The van der Waals surface area contributed by atoms with Crippen molar-refractivity contribution in [1.82, 2.24) is 9.62 Å². The fraction of sp³-hybridized carbons (Fsp3) is 0.333. The van der Waals surface area contributed by atoms with E-state index in [1.165, 1.54) is 16.0 Å². The Labute approximate surface area is 273 Å². The van der Waals surface area contributed by atoms with Gasteiger partial charge in [-0.1, -0.05) is 42.5 Å². The Bertz CT molecular complexity index is 1620. The Balaban J connectivity index is 1.08. The number of aromatic hydroxyl groups is 1. The lowest BCUT2D eigenvalue weighted by Gasteiger charge is -2.36. The third-order valence-electron chi connectivity index (χ3n) is 8.34. The van der Waals surface area contributed by atoms with E-state index in [0.717, 1.165) is 54.8 Å². The van der Waals surface area contributed by atoms with Gasteiger partial charge in [-0.3, -0.25) is 14.3 Å². The minimum Gasteiger partial charge on any atom is -0.508 e. The molecule has 1 aromatic heterocycles. The lowest BCUT2D eigenvalue weighted by molar-refractivity contribution is -0.137. The maximum absolute atomic E-state index is 13.9. The van der Waals surface area contributed by atoms with E-state index in [2.05, 4.69) is 56.3 Å². The van der Waals surface area contributed by atoms with Gasteiger partial charge in [0.15, 0.2) is 5.60 Å². The first kappa shape index (κ1) is 31.0. The second-order valence-corrected chi connectivity index (χ2v) is 14.1. The monoisotopic (exact) mass is 641 g/mol. The quantitative estimate of drug-likeness (QED) is 0.165. The van der Waals surface area contributed by atoms with Gasteiger partial charge in [0.05, 0.1) is 5.92 Å². The summed E-state index contributed by atoms with van der Waals surface area (Å²) in [6.45, 7) is 5.64. The van der Waals surface area contributed by atoms with Gasteiger partial charge < -0.3 is 19.6 Å². The number of anilines is 1. The SMILES string of the molecule is CC(C)(Oc1cccc(N2CCCC(C(=O)N(Cc3ccc(-c4cccs4)cc3)C3CC3)C2)c1)C(=O)NSc1cccc(O)c1. The topological polar surface area (TPSA) is 82.1 Å². The molecule has 0 bridgehead atoms. The van der Waals surface area contributed by atoms with Crippen LogP contribution in [0, 0.1) is 5.92 Å². The van der Waals surface area contributed by atoms with Gasteiger partial charge in [-0.15, -0.1) is 11.3 Å². The van der Waals surface area contributed by atoms with Crippen LogP contribution in [0.2, 0.25) is 0 Å². The molecule has 2 heterocycles. The summed E-state index contributed by atoms with van der Waals surface area (Å²) in [7, 11) is 0. The number of amides is 2. The Hall–Kier alpha value is -3.95. The summed E-state index contributed by atoms with van der Waals surface area (Å²) >= 11 is 2.87. The average molecular weight is 642 g/mol. The van der Waals surface area contributed by atoms with Crippen LogP contribution in [0.1, 0.15) is 45.1 Å². The van der Waals surface area contributed by atoms with Gasteiger partial charge in [-0.25, -0.2) is 0 Å². The summed E-state index contributed by atoms with van der Waals surface area (Å²) in [5.41, 5.74) is 2.23. The fourth-order valence-electron chi connectivity index (χ4n) is 5.69. The highest BCUT2D eigenvalue weighted by molar-refractivity contribution is 7.98. The zero-order valence-corrected chi connectivity index (χ0v) is 27.3. The molecule has 45 heavy (non-hydrogen) atoms. The van der Waals surface area contributed by atoms with Crippen molar-refractivity contribution in [1.29, 1.82) is 0 Å². The number of ether oxygens (including phenoxy) is 1. The average Bonchev–Trinajstić information content (AvgIpc) is 3.74. The van der Waals surface area contributed by atoms with E-state index in [1.54, 1.807) is 43.4 Å². The second kappa shape index (κ2) is 13.6. The lowest BCUT2D eigenvalue weighted by atomic mass is 9.95. The second-order valence-electron chi connectivity index (χ2n) is 12.3. The number of rotatable bonds is 11. The number of nitrogens with one attached hydrogen (secondary N) is 1. The predicted octanol–water partition coefficient (Wildman–Crippen LogP) is 7.51. The van der Waals surface area contributed by atoms with Gasteiger partial charge in [-0.05, 0) is 104 Å². The predicted molar refractivity (Wildman–Crippen MR) is 182 cm³/mol. The summed E-state index contributed by atoms with van der Waals surface area (Å²) in [5, 5.41) is 11.8. The molecule has 1 saturated heterocycles. The third kappa shape index (κ3) is 7.83. The summed E-state index contributed by atoms with van der Waals surface area (Å²) in [6.07, 6.45) is 3.97. The molecule has 2 aliphatic rings. The van der Waals surface area contributed by atoms with E-state index in [4.69, 9.17) is 4.74 Å². The van der Waals surface area contributed by atoms with Crippen LogP contribution in [0.25, 0.3) is 10.4 Å². The van der Waals surface area contributed by atoms with Crippen molar-refractivity contribution >= 4 is 40.8 Å². The molecule has 2 amide bonds. The van der Waals surface area contributed by atoms with Crippen molar-refractivity contribution in [3.63, 3.8) is 0 Å². The Morgan fingerprint density at radius 3 is 2.56 bits per heavy atom. The van der Waals surface area contributed by atoms with Crippen LogP contribution in [0.3, 0.4) is 0 Å². The van der Waals surface area contributed by atoms with E-state index < -0.39 is 5.60 Å². The fourth-order valence-corrected chi connectivity index (χ4v) is 7.21. The molecular weight excluding hydrogens is 603 g/mol. The Kier molecular flexibility index (Phi) is 9.37.